The molecule has 1 aliphatic heterocycles. The number of piperidine rings is 1. The highest BCUT2D eigenvalue weighted by molar-refractivity contribution is 5.40. The van der Waals surface area contributed by atoms with Crippen LogP contribution in [0.15, 0.2) is 6.07 Å². The van der Waals surface area contributed by atoms with Gasteiger partial charge in [-0.25, -0.2) is 9.97 Å². The Morgan fingerprint density at radius 1 is 1.35 bits per heavy atom. The maximum absolute atomic E-state index is 4.66. The third kappa shape index (κ3) is 4.17. The summed E-state index contributed by atoms with van der Waals surface area (Å²) in [4.78, 5) is 11.6. The summed E-state index contributed by atoms with van der Waals surface area (Å²) in [6.07, 6.45) is 4.76. The molecule has 0 saturated carbocycles. The van der Waals surface area contributed by atoms with Gasteiger partial charge in [0.15, 0.2) is 0 Å². The smallest absolute Gasteiger partial charge is 0.132 e. The molecular formula is C16H28N4. The molecule has 1 aromatic heterocycles. The second-order valence-electron chi connectivity index (χ2n) is 5.78. The van der Waals surface area contributed by atoms with Gasteiger partial charge in [0, 0.05) is 24.8 Å². The summed E-state index contributed by atoms with van der Waals surface area (Å²) in [7, 11) is 0. The molecule has 4 nitrogen and oxygen atoms in total. The van der Waals surface area contributed by atoms with E-state index in [1.165, 1.54) is 19.4 Å². The largest absolute Gasteiger partial charge is 0.356 e. The van der Waals surface area contributed by atoms with E-state index in [1.807, 2.05) is 6.92 Å². The maximum Gasteiger partial charge on any atom is 0.132 e. The molecule has 1 N–H and O–H groups in total. The van der Waals surface area contributed by atoms with Crippen LogP contribution in [-0.4, -0.2) is 36.1 Å². The molecule has 0 aromatic carbocycles. The first-order valence-corrected chi connectivity index (χ1v) is 8.03. The monoisotopic (exact) mass is 276 g/mol. The van der Waals surface area contributed by atoms with Crippen molar-refractivity contribution < 1.29 is 0 Å². The van der Waals surface area contributed by atoms with E-state index >= 15 is 0 Å². The molecule has 1 atom stereocenters. The van der Waals surface area contributed by atoms with Crippen LogP contribution in [0.4, 0.5) is 5.82 Å². The van der Waals surface area contributed by atoms with Gasteiger partial charge < -0.3 is 10.2 Å². The van der Waals surface area contributed by atoms with Gasteiger partial charge in [0.2, 0.25) is 0 Å². The summed E-state index contributed by atoms with van der Waals surface area (Å²) in [5, 5.41) is 3.51. The predicted octanol–water partition coefficient (Wildman–Crippen LogP) is 2.56. The number of hydrogen-bond donors (Lipinski definition) is 1. The van der Waals surface area contributed by atoms with Crippen LogP contribution in [0.3, 0.4) is 0 Å². The van der Waals surface area contributed by atoms with Crippen LogP contribution in [-0.2, 0) is 6.42 Å². The molecule has 0 aliphatic carbocycles. The average Bonchev–Trinajstić information content (AvgIpc) is 2.47. The Balaban J connectivity index is 2.12. The van der Waals surface area contributed by atoms with Gasteiger partial charge in [-0.05, 0) is 51.6 Å². The fraction of sp³-hybridized carbons (Fsp3) is 0.750. The number of nitrogens with zero attached hydrogens (tertiary/aromatic N) is 3. The van der Waals surface area contributed by atoms with Crippen LogP contribution in [0.1, 0.15) is 44.6 Å². The molecule has 1 fully saturated rings. The van der Waals surface area contributed by atoms with Crippen molar-refractivity contribution in [2.24, 2.45) is 5.92 Å². The van der Waals surface area contributed by atoms with Gasteiger partial charge >= 0.3 is 0 Å². The van der Waals surface area contributed by atoms with Gasteiger partial charge in [-0.15, -0.1) is 0 Å². The van der Waals surface area contributed by atoms with Crippen LogP contribution in [0.2, 0.25) is 0 Å². The lowest BCUT2D eigenvalue weighted by molar-refractivity contribution is 0.376. The zero-order valence-corrected chi connectivity index (χ0v) is 13.2. The van der Waals surface area contributed by atoms with Crippen molar-refractivity contribution in [2.45, 2.75) is 46.5 Å². The van der Waals surface area contributed by atoms with Crippen molar-refractivity contribution in [1.29, 1.82) is 0 Å². The van der Waals surface area contributed by atoms with E-state index < -0.39 is 0 Å². The SMILES string of the molecule is CCCN(CC1CCCNC1)c1cc(CC)nc(C)n1. The molecule has 0 bridgehead atoms. The van der Waals surface area contributed by atoms with Gasteiger partial charge in [-0.3, -0.25) is 0 Å². The van der Waals surface area contributed by atoms with Gasteiger partial charge in [0.25, 0.3) is 0 Å². The van der Waals surface area contributed by atoms with Crippen LogP contribution < -0.4 is 10.2 Å². The minimum Gasteiger partial charge on any atom is -0.356 e. The zero-order chi connectivity index (χ0) is 14.4. The maximum atomic E-state index is 4.66. The Morgan fingerprint density at radius 3 is 2.85 bits per heavy atom. The third-order valence-corrected chi connectivity index (χ3v) is 3.93. The van der Waals surface area contributed by atoms with E-state index in [0.717, 1.165) is 55.7 Å². The molecule has 4 heteroatoms. The van der Waals surface area contributed by atoms with Gasteiger partial charge in [0.1, 0.15) is 11.6 Å². The number of anilines is 1. The van der Waals surface area contributed by atoms with E-state index in [0.29, 0.717) is 0 Å². The Morgan fingerprint density at radius 2 is 2.20 bits per heavy atom. The molecule has 112 valence electrons. The highest BCUT2D eigenvalue weighted by atomic mass is 15.2. The van der Waals surface area contributed by atoms with Crippen LogP contribution in [0, 0.1) is 12.8 Å². The van der Waals surface area contributed by atoms with E-state index in [2.05, 4.69) is 40.1 Å². The summed E-state index contributed by atoms with van der Waals surface area (Å²) in [6, 6.07) is 2.17. The van der Waals surface area contributed by atoms with Crippen molar-refractivity contribution in [1.82, 2.24) is 15.3 Å². The van der Waals surface area contributed by atoms with Gasteiger partial charge in [-0.2, -0.15) is 0 Å². The quantitative estimate of drug-likeness (QED) is 0.867. The summed E-state index contributed by atoms with van der Waals surface area (Å²) in [5.41, 5.74) is 1.15. The second kappa shape index (κ2) is 7.58. The first-order valence-electron chi connectivity index (χ1n) is 8.03. The van der Waals surface area contributed by atoms with Crippen LogP contribution in [0.25, 0.3) is 0 Å². The summed E-state index contributed by atoms with van der Waals surface area (Å²) in [6.45, 7) is 10.9. The molecule has 1 aliphatic rings. The van der Waals surface area contributed by atoms with E-state index in [9.17, 15) is 0 Å². The molecule has 0 amide bonds. The first kappa shape index (κ1) is 15.2. The van der Waals surface area contributed by atoms with Crippen molar-refractivity contribution in [3.05, 3.63) is 17.6 Å². The third-order valence-electron chi connectivity index (χ3n) is 3.93. The second-order valence-corrected chi connectivity index (χ2v) is 5.78. The average molecular weight is 276 g/mol. The topological polar surface area (TPSA) is 41.0 Å². The molecule has 2 rings (SSSR count). The van der Waals surface area contributed by atoms with Crippen LogP contribution in [0.5, 0.6) is 0 Å². The lowest BCUT2D eigenvalue weighted by Gasteiger charge is -2.31. The number of aromatic nitrogens is 2. The Labute approximate surface area is 123 Å². The lowest BCUT2D eigenvalue weighted by Crippen LogP contribution is -2.39. The molecule has 0 radical (unpaired) electrons. The van der Waals surface area contributed by atoms with E-state index in [1.54, 1.807) is 0 Å². The molecular weight excluding hydrogens is 248 g/mol. The van der Waals surface area contributed by atoms with Crippen molar-refractivity contribution >= 4 is 5.82 Å². The Bertz CT molecular complexity index is 413. The fourth-order valence-corrected chi connectivity index (χ4v) is 2.92. The van der Waals surface area contributed by atoms with Crippen molar-refractivity contribution in [3.63, 3.8) is 0 Å². The normalized spacial score (nSPS) is 19.1. The predicted molar refractivity (Wildman–Crippen MR) is 84.2 cm³/mol. The molecule has 0 spiro atoms. The Hall–Kier alpha value is -1.16. The van der Waals surface area contributed by atoms with Crippen molar-refractivity contribution in [3.8, 4) is 0 Å². The Kier molecular flexibility index (Phi) is 5.77. The van der Waals surface area contributed by atoms with Gasteiger partial charge in [0.05, 0.1) is 0 Å². The number of hydrogen-bond acceptors (Lipinski definition) is 4. The number of nitrogens with one attached hydrogen (secondary N) is 1. The highest BCUT2D eigenvalue weighted by Gasteiger charge is 2.18. The first-order chi connectivity index (χ1) is 9.72. The van der Waals surface area contributed by atoms with E-state index in [4.69, 9.17) is 0 Å². The minimum absolute atomic E-state index is 0.746. The number of rotatable bonds is 6. The molecule has 2 heterocycles. The summed E-state index contributed by atoms with van der Waals surface area (Å²) < 4.78 is 0. The zero-order valence-electron chi connectivity index (χ0n) is 13.2. The summed E-state index contributed by atoms with van der Waals surface area (Å²) in [5.74, 6) is 2.75. The van der Waals surface area contributed by atoms with E-state index in [-0.39, 0.29) is 0 Å². The minimum atomic E-state index is 0.746. The molecule has 20 heavy (non-hydrogen) atoms. The van der Waals surface area contributed by atoms with Crippen molar-refractivity contribution in [2.75, 3.05) is 31.1 Å². The molecule has 1 unspecified atom stereocenters. The highest BCUT2D eigenvalue weighted by Crippen LogP contribution is 2.18. The molecule has 1 saturated heterocycles. The fourth-order valence-electron chi connectivity index (χ4n) is 2.92. The number of aryl methyl sites for hydroxylation is 2. The van der Waals surface area contributed by atoms with Crippen LogP contribution >= 0.6 is 0 Å². The van der Waals surface area contributed by atoms with Gasteiger partial charge in [-0.1, -0.05) is 13.8 Å². The molecule has 1 aromatic rings. The lowest BCUT2D eigenvalue weighted by atomic mass is 9.99. The standard InChI is InChI=1S/C16H28N4/c1-4-9-20(12-14-7-6-8-17-11-14)16-10-15(5-2)18-13(3)19-16/h10,14,17H,4-9,11-12H2,1-3H3. The summed E-state index contributed by atoms with van der Waals surface area (Å²) >= 11 is 0.